The molecular weight excluding hydrogens is 525 g/mol. The molecule has 0 aliphatic carbocycles. The maximum absolute atomic E-state index is 14.0. The van der Waals surface area contributed by atoms with Crippen molar-refractivity contribution < 1.29 is 13.9 Å². The summed E-state index contributed by atoms with van der Waals surface area (Å²) in [5.41, 5.74) is 4.51. The Balaban J connectivity index is 0.00000205. The predicted molar refractivity (Wildman–Crippen MR) is 149 cm³/mol. The van der Waals surface area contributed by atoms with Crippen LogP contribution in [0.15, 0.2) is 40.2 Å². The van der Waals surface area contributed by atoms with Gasteiger partial charge in [-0.05, 0) is 64.9 Å². The Hall–Kier alpha value is -3.84. The van der Waals surface area contributed by atoms with E-state index >= 15 is 0 Å². The highest BCUT2D eigenvalue weighted by Crippen LogP contribution is 2.31. The summed E-state index contributed by atoms with van der Waals surface area (Å²) >= 11 is 1.21. The van der Waals surface area contributed by atoms with Gasteiger partial charge in [0.05, 0.1) is 24.9 Å². The van der Waals surface area contributed by atoms with E-state index in [-0.39, 0.29) is 24.9 Å². The summed E-state index contributed by atoms with van der Waals surface area (Å²) in [6, 6.07) is 3.05. The molecule has 4 aromatic rings. The second-order valence-corrected chi connectivity index (χ2v) is 10.0. The number of thiophene rings is 1. The number of aryl methyl sites for hydroxylation is 3. The first-order valence-corrected chi connectivity index (χ1v) is 13.2. The number of rotatable bonds is 8. The quantitative estimate of drug-likeness (QED) is 0.351. The van der Waals surface area contributed by atoms with Crippen LogP contribution in [0, 0.1) is 12.7 Å². The molecular formula is C26H34FN7O4S. The van der Waals surface area contributed by atoms with Crippen LogP contribution in [0.5, 0.6) is 5.75 Å². The van der Waals surface area contributed by atoms with E-state index in [4.69, 9.17) is 4.74 Å². The van der Waals surface area contributed by atoms with Crippen molar-refractivity contribution in [3.05, 3.63) is 68.4 Å². The van der Waals surface area contributed by atoms with E-state index in [1.807, 2.05) is 13.8 Å². The molecule has 13 heteroatoms. The lowest BCUT2D eigenvalue weighted by Gasteiger charge is -2.26. The minimum atomic E-state index is -1.03. The lowest BCUT2D eigenvalue weighted by Crippen LogP contribution is -2.47. The minimum absolute atomic E-state index is 0.113. The van der Waals surface area contributed by atoms with E-state index in [0.717, 1.165) is 4.57 Å². The third kappa shape index (κ3) is 5.64. The molecule has 3 aromatic heterocycles. The minimum Gasteiger partial charge on any atom is -0.496 e. The number of carbonyl (C=O) groups is 1. The van der Waals surface area contributed by atoms with Crippen molar-refractivity contribution in [3.63, 3.8) is 0 Å². The molecule has 0 radical (unpaired) electrons. The van der Waals surface area contributed by atoms with Gasteiger partial charge in [0, 0.05) is 25.2 Å². The lowest BCUT2D eigenvalue weighted by atomic mass is 10.1. The molecule has 0 aliphatic rings. The molecule has 1 amide bonds. The second kappa shape index (κ2) is 12.3. The average molecular weight is 560 g/mol. The highest BCUT2D eigenvalue weighted by Gasteiger charge is 2.28. The van der Waals surface area contributed by atoms with Crippen molar-refractivity contribution in [1.29, 1.82) is 0 Å². The Bertz CT molecular complexity index is 1570. The number of aromatic nitrogens is 5. The summed E-state index contributed by atoms with van der Waals surface area (Å²) in [7, 11) is 4.63. The second-order valence-electron chi connectivity index (χ2n) is 9.07. The summed E-state index contributed by atoms with van der Waals surface area (Å²) in [6.45, 7) is 7.15. The SMILES string of the molecule is CN.COc1ccc(F)cc1CCn1c(=O)n([C@@H](C)C(=O)N(C)C(C)C)c(=O)c2c(C)c(-n3nccn3)sc21. The maximum atomic E-state index is 14.0. The summed E-state index contributed by atoms with van der Waals surface area (Å²) in [5.74, 6) is -0.285. The Kier molecular flexibility index (Phi) is 9.41. The van der Waals surface area contributed by atoms with Gasteiger partial charge in [0.1, 0.15) is 27.4 Å². The van der Waals surface area contributed by atoms with Crippen LogP contribution in [0.1, 0.15) is 37.9 Å². The number of ether oxygens (including phenoxy) is 1. The van der Waals surface area contributed by atoms with E-state index in [9.17, 15) is 18.8 Å². The molecule has 39 heavy (non-hydrogen) atoms. The first-order valence-electron chi connectivity index (χ1n) is 12.4. The van der Waals surface area contributed by atoms with Gasteiger partial charge >= 0.3 is 5.69 Å². The van der Waals surface area contributed by atoms with Crippen LogP contribution in [-0.2, 0) is 17.8 Å². The molecule has 0 aliphatic heterocycles. The molecule has 0 saturated heterocycles. The molecule has 210 valence electrons. The van der Waals surface area contributed by atoms with Gasteiger partial charge in [-0.2, -0.15) is 10.2 Å². The van der Waals surface area contributed by atoms with Crippen LogP contribution < -0.4 is 21.7 Å². The summed E-state index contributed by atoms with van der Waals surface area (Å²) in [6.07, 6.45) is 3.30. The van der Waals surface area contributed by atoms with Crippen LogP contribution in [0.2, 0.25) is 0 Å². The van der Waals surface area contributed by atoms with Crippen molar-refractivity contribution in [2.75, 3.05) is 21.2 Å². The van der Waals surface area contributed by atoms with Crippen LogP contribution in [-0.4, -0.2) is 62.2 Å². The molecule has 0 bridgehead atoms. The number of hydrogen-bond donors (Lipinski definition) is 1. The number of likely N-dealkylation sites (N-methyl/N-ethyl adjacent to an activating group) is 1. The number of carbonyl (C=O) groups excluding carboxylic acids is 1. The predicted octanol–water partition coefficient (Wildman–Crippen LogP) is 2.51. The third-order valence-corrected chi connectivity index (χ3v) is 7.81. The molecule has 0 fully saturated rings. The first-order chi connectivity index (χ1) is 18.6. The molecule has 0 spiro atoms. The summed E-state index contributed by atoms with van der Waals surface area (Å²) < 4.78 is 21.8. The molecule has 1 atom stereocenters. The molecule has 3 heterocycles. The fourth-order valence-electron chi connectivity index (χ4n) is 4.24. The largest absolute Gasteiger partial charge is 0.496 e. The number of nitrogens with two attached hydrogens (primary N) is 1. The van der Waals surface area contributed by atoms with Crippen LogP contribution in [0.25, 0.3) is 15.2 Å². The molecule has 2 N–H and O–H groups in total. The molecule has 0 unspecified atom stereocenters. The van der Waals surface area contributed by atoms with Crippen molar-refractivity contribution in [3.8, 4) is 10.8 Å². The Morgan fingerprint density at radius 1 is 1.18 bits per heavy atom. The Labute approximate surface area is 229 Å². The zero-order chi connectivity index (χ0) is 29.0. The van der Waals surface area contributed by atoms with Crippen molar-refractivity contribution in [2.24, 2.45) is 5.73 Å². The van der Waals surface area contributed by atoms with E-state index < -0.39 is 23.1 Å². The summed E-state index contributed by atoms with van der Waals surface area (Å²) in [5, 5.41) is 9.26. The lowest BCUT2D eigenvalue weighted by molar-refractivity contribution is -0.134. The number of nitrogens with zero attached hydrogens (tertiary/aromatic N) is 6. The first kappa shape index (κ1) is 29.7. The Morgan fingerprint density at radius 2 is 1.82 bits per heavy atom. The van der Waals surface area contributed by atoms with E-state index in [0.29, 0.717) is 32.1 Å². The molecule has 11 nitrogen and oxygen atoms in total. The Morgan fingerprint density at radius 3 is 2.41 bits per heavy atom. The number of halogens is 1. The van der Waals surface area contributed by atoms with Gasteiger partial charge in [0.15, 0.2) is 0 Å². The van der Waals surface area contributed by atoms with Crippen LogP contribution in [0.4, 0.5) is 4.39 Å². The fraction of sp³-hybridized carbons (Fsp3) is 0.423. The van der Waals surface area contributed by atoms with Gasteiger partial charge in [-0.3, -0.25) is 14.2 Å². The third-order valence-electron chi connectivity index (χ3n) is 6.53. The highest BCUT2D eigenvalue weighted by atomic mass is 32.1. The number of fused-ring (bicyclic) bond motifs is 1. The average Bonchev–Trinajstić information content (AvgIpc) is 3.57. The number of benzene rings is 1. The number of amides is 1. The summed E-state index contributed by atoms with van der Waals surface area (Å²) in [4.78, 5) is 44.0. The van der Waals surface area contributed by atoms with Gasteiger partial charge in [0.25, 0.3) is 5.56 Å². The van der Waals surface area contributed by atoms with Crippen molar-refractivity contribution >= 4 is 27.5 Å². The molecule has 4 rings (SSSR count). The number of hydrogen-bond acceptors (Lipinski definition) is 8. The van der Waals surface area contributed by atoms with E-state index in [1.165, 1.54) is 70.4 Å². The number of methoxy groups -OCH3 is 1. The fourth-order valence-corrected chi connectivity index (χ4v) is 5.47. The van der Waals surface area contributed by atoms with Crippen molar-refractivity contribution in [1.82, 2.24) is 29.0 Å². The van der Waals surface area contributed by atoms with E-state index in [2.05, 4.69) is 15.9 Å². The zero-order valence-corrected chi connectivity index (χ0v) is 24.0. The van der Waals surface area contributed by atoms with Crippen molar-refractivity contribution in [2.45, 2.75) is 52.7 Å². The van der Waals surface area contributed by atoms with Gasteiger partial charge in [-0.1, -0.05) is 11.3 Å². The van der Waals surface area contributed by atoms with Gasteiger partial charge in [-0.15, -0.1) is 4.80 Å². The topological polar surface area (TPSA) is 130 Å². The normalized spacial score (nSPS) is 11.8. The monoisotopic (exact) mass is 559 g/mol. The standard InChI is InChI=1S/C25H29FN6O4S.CH5N/c1-14(2)29(5)21(33)16(4)31-22(34)20-15(3)23(32-27-10-11-28-32)37-24(20)30(25(31)35)12-9-17-13-18(26)7-8-19(17)36-6;1-2/h7-8,10-11,13-14,16H,9,12H2,1-6H3;2H2,1H3/t16-;/m0./s1. The zero-order valence-electron chi connectivity index (χ0n) is 23.1. The molecule has 0 saturated carbocycles. The van der Waals surface area contributed by atoms with E-state index in [1.54, 1.807) is 20.9 Å². The van der Waals surface area contributed by atoms with Gasteiger partial charge in [-0.25, -0.2) is 13.8 Å². The van der Waals surface area contributed by atoms with Crippen LogP contribution >= 0.6 is 11.3 Å². The smallest absolute Gasteiger partial charge is 0.332 e. The molecule has 1 aromatic carbocycles. The van der Waals surface area contributed by atoms with Gasteiger partial charge in [0.2, 0.25) is 5.91 Å². The van der Waals surface area contributed by atoms with Crippen LogP contribution in [0.3, 0.4) is 0 Å². The highest BCUT2D eigenvalue weighted by molar-refractivity contribution is 7.21. The maximum Gasteiger partial charge on any atom is 0.332 e. The van der Waals surface area contributed by atoms with Gasteiger partial charge < -0.3 is 15.4 Å².